The van der Waals surface area contributed by atoms with Crippen LogP contribution in [0.25, 0.3) is 0 Å². The summed E-state index contributed by atoms with van der Waals surface area (Å²) < 4.78 is 3.15. The topological polar surface area (TPSA) is 26.0 Å². The van der Waals surface area contributed by atoms with E-state index in [2.05, 4.69) is 4.98 Å². The standard InChI is InChI=1S/C4H2Cl3NO/c5-4(6,7)3-8-1-2-9-3/h1-2H. The molecule has 0 atom stereocenters. The smallest absolute Gasteiger partial charge is 0.266 e. The summed E-state index contributed by atoms with van der Waals surface area (Å²) in [6.45, 7) is 0. The normalized spacial score (nSPS) is 11.9. The van der Waals surface area contributed by atoms with Crippen LogP contribution >= 0.6 is 34.8 Å². The molecule has 9 heavy (non-hydrogen) atoms. The third kappa shape index (κ3) is 1.75. The van der Waals surface area contributed by atoms with E-state index in [1.165, 1.54) is 12.5 Å². The van der Waals surface area contributed by atoms with Crippen LogP contribution in [0.5, 0.6) is 0 Å². The molecule has 0 saturated heterocycles. The maximum atomic E-state index is 5.37. The molecule has 1 aromatic rings. The highest BCUT2D eigenvalue weighted by atomic mass is 35.6. The Morgan fingerprint density at radius 1 is 1.44 bits per heavy atom. The highest BCUT2D eigenvalue weighted by Gasteiger charge is 2.27. The van der Waals surface area contributed by atoms with Gasteiger partial charge in [0.25, 0.3) is 3.79 Å². The van der Waals surface area contributed by atoms with Crippen LogP contribution in [0.2, 0.25) is 0 Å². The molecule has 1 aromatic heterocycles. The van der Waals surface area contributed by atoms with Gasteiger partial charge in [0, 0.05) is 0 Å². The van der Waals surface area contributed by atoms with Gasteiger partial charge in [-0.1, -0.05) is 34.8 Å². The maximum Gasteiger partial charge on any atom is 0.266 e. The lowest BCUT2D eigenvalue weighted by molar-refractivity contribution is 0.503. The fourth-order valence-corrected chi connectivity index (χ4v) is 0.643. The molecule has 2 nitrogen and oxygen atoms in total. The Bertz CT molecular complexity index is 178. The van der Waals surface area contributed by atoms with Crippen molar-refractivity contribution in [3.05, 3.63) is 18.4 Å². The lowest BCUT2D eigenvalue weighted by Crippen LogP contribution is -1.98. The molecule has 0 bridgehead atoms. The molecule has 0 radical (unpaired) electrons. The Kier molecular flexibility index (Phi) is 1.89. The van der Waals surface area contributed by atoms with Gasteiger partial charge in [0.05, 0.1) is 6.20 Å². The van der Waals surface area contributed by atoms with Crippen LogP contribution in [0.4, 0.5) is 0 Å². The second-order valence-electron chi connectivity index (χ2n) is 1.34. The number of rotatable bonds is 0. The van der Waals surface area contributed by atoms with Crippen molar-refractivity contribution in [1.82, 2.24) is 4.98 Å². The van der Waals surface area contributed by atoms with E-state index < -0.39 is 3.79 Å². The quantitative estimate of drug-likeness (QED) is 0.582. The van der Waals surface area contributed by atoms with E-state index in [1.807, 2.05) is 0 Å². The van der Waals surface area contributed by atoms with Crippen LogP contribution in [0, 0.1) is 0 Å². The summed E-state index contributed by atoms with van der Waals surface area (Å²) in [5, 5.41) is 0. The van der Waals surface area contributed by atoms with Crippen LogP contribution in [-0.2, 0) is 3.79 Å². The fourth-order valence-electron chi connectivity index (χ4n) is 0.363. The number of hydrogen-bond donors (Lipinski definition) is 0. The highest BCUT2D eigenvalue weighted by Crippen LogP contribution is 2.36. The molecule has 0 fully saturated rings. The second-order valence-corrected chi connectivity index (χ2v) is 3.62. The summed E-state index contributed by atoms with van der Waals surface area (Å²) in [6.07, 6.45) is 2.76. The van der Waals surface area contributed by atoms with Crippen LogP contribution in [-0.4, -0.2) is 4.98 Å². The van der Waals surface area contributed by atoms with Crippen molar-refractivity contribution in [2.75, 3.05) is 0 Å². The molecule has 1 heterocycles. The van der Waals surface area contributed by atoms with Crippen molar-refractivity contribution in [3.63, 3.8) is 0 Å². The van der Waals surface area contributed by atoms with Gasteiger partial charge in [0.2, 0.25) is 5.89 Å². The van der Waals surface area contributed by atoms with Gasteiger partial charge in [-0.25, -0.2) is 4.98 Å². The van der Waals surface area contributed by atoms with Crippen molar-refractivity contribution in [3.8, 4) is 0 Å². The van der Waals surface area contributed by atoms with Gasteiger partial charge < -0.3 is 4.42 Å². The first-order chi connectivity index (χ1) is 4.11. The van der Waals surface area contributed by atoms with Crippen LogP contribution in [0.1, 0.15) is 5.89 Å². The first-order valence-corrected chi connectivity index (χ1v) is 3.21. The predicted octanol–water partition coefficient (Wildman–Crippen LogP) is 2.50. The SMILES string of the molecule is ClC(Cl)(Cl)c1ncco1. The number of halogens is 3. The van der Waals surface area contributed by atoms with Gasteiger partial charge in [0.15, 0.2) is 0 Å². The van der Waals surface area contributed by atoms with Gasteiger partial charge in [-0.2, -0.15) is 0 Å². The zero-order chi connectivity index (χ0) is 6.91. The molecule has 1 rings (SSSR count). The molecular formula is C4H2Cl3NO. The Hall–Kier alpha value is 0.0800. The molecule has 0 unspecified atom stereocenters. The number of nitrogens with zero attached hydrogens (tertiary/aromatic N) is 1. The van der Waals surface area contributed by atoms with E-state index in [-0.39, 0.29) is 5.89 Å². The average molecular weight is 186 g/mol. The predicted molar refractivity (Wildman–Crippen MR) is 35.7 cm³/mol. The Balaban J connectivity index is 2.90. The number of alkyl halides is 3. The molecule has 0 aliphatic carbocycles. The maximum absolute atomic E-state index is 5.37. The molecule has 0 amide bonds. The minimum atomic E-state index is -1.54. The van der Waals surface area contributed by atoms with Gasteiger partial charge in [-0.15, -0.1) is 0 Å². The molecule has 0 saturated carbocycles. The molecule has 0 aliphatic heterocycles. The second kappa shape index (κ2) is 2.37. The Morgan fingerprint density at radius 2 is 2.11 bits per heavy atom. The van der Waals surface area contributed by atoms with Gasteiger partial charge in [-0.3, -0.25) is 0 Å². The lowest BCUT2D eigenvalue weighted by Gasteiger charge is -2.02. The lowest BCUT2D eigenvalue weighted by atomic mass is 10.8. The van der Waals surface area contributed by atoms with E-state index in [4.69, 9.17) is 39.2 Å². The van der Waals surface area contributed by atoms with Crippen molar-refractivity contribution >= 4 is 34.8 Å². The molecule has 50 valence electrons. The minimum Gasteiger partial charge on any atom is -0.445 e. The molecule has 0 aromatic carbocycles. The van der Waals surface area contributed by atoms with E-state index in [9.17, 15) is 0 Å². The highest BCUT2D eigenvalue weighted by molar-refractivity contribution is 6.66. The number of oxazole rings is 1. The summed E-state index contributed by atoms with van der Waals surface area (Å²) >= 11 is 16.1. The average Bonchev–Trinajstić information content (AvgIpc) is 2.08. The van der Waals surface area contributed by atoms with Crippen molar-refractivity contribution in [2.24, 2.45) is 0 Å². The van der Waals surface area contributed by atoms with Crippen molar-refractivity contribution in [1.29, 1.82) is 0 Å². The number of aromatic nitrogens is 1. The van der Waals surface area contributed by atoms with Crippen LogP contribution in [0.3, 0.4) is 0 Å². The summed E-state index contributed by atoms with van der Waals surface area (Å²) in [5.41, 5.74) is 0. The van der Waals surface area contributed by atoms with Gasteiger partial charge in [0.1, 0.15) is 6.26 Å². The first-order valence-electron chi connectivity index (χ1n) is 2.07. The van der Waals surface area contributed by atoms with E-state index in [1.54, 1.807) is 0 Å². The van der Waals surface area contributed by atoms with Crippen LogP contribution < -0.4 is 0 Å². The summed E-state index contributed by atoms with van der Waals surface area (Å²) in [6, 6.07) is 0. The Morgan fingerprint density at radius 3 is 2.33 bits per heavy atom. The summed E-state index contributed by atoms with van der Waals surface area (Å²) in [7, 11) is 0. The number of hydrogen-bond acceptors (Lipinski definition) is 2. The summed E-state index contributed by atoms with van der Waals surface area (Å²) in [4.78, 5) is 3.62. The third-order valence-electron chi connectivity index (χ3n) is 0.675. The molecule has 0 aliphatic rings. The minimum absolute atomic E-state index is 0.0903. The van der Waals surface area contributed by atoms with E-state index in [0.29, 0.717) is 0 Å². The van der Waals surface area contributed by atoms with Gasteiger partial charge >= 0.3 is 0 Å². The first kappa shape index (κ1) is 7.19. The Labute approximate surface area is 66.7 Å². The molecule has 0 spiro atoms. The third-order valence-corrected chi connectivity index (χ3v) is 1.16. The van der Waals surface area contributed by atoms with Crippen LogP contribution in [0.15, 0.2) is 16.9 Å². The molecule has 5 heteroatoms. The van der Waals surface area contributed by atoms with Crippen molar-refractivity contribution < 1.29 is 4.42 Å². The summed E-state index contributed by atoms with van der Waals surface area (Å²) in [5.74, 6) is 0.0903. The zero-order valence-corrected chi connectivity index (χ0v) is 6.41. The van der Waals surface area contributed by atoms with Crippen molar-refractivity contribution in [2.45, 2.75) is 3.79 Å². The van der Waals surface area contributed by atoms with Gasteiger partial charge in [-0.05, 0) is 0 Å². The monoisotopic (exact) mass is 185 g/mol. The fraction of sp³-hybridized carbons (Fsp3) is 0.250. The molecule has 0 N–H and O–H groups in total. The van der Waals surface area contributed by atoms with E-state index in [0.717, 1.165) is 0 Å². The van der Waals surface area contributed by atoms with E-state index >= 15 is 0 Å². The zero-order valence-electron chi connectivity index (χ0n) is 4.14. The largest absolute Gasteiger partial charge is 0.445 e. The molecular weight excluding hydrogens is 184 g/mol.